The van der Waals surface area contributed by atoms with Crippen molar-refractivity contribution in [2.24, 2.45) is 5.10 Å². The summed E-state index contributed by atoms with van der Waals surface area (Å²) in [5.41, 5.74) is 4.36. The van der Waals surface area contributed by atoms with Crippen LogP contribution in [0.5, 0.6) is 5.75 Å². The normalized spacial score (nSPS) is 10.9. The Morgan fingerprint density at radius 3 is 2.92 bits per heavy atom. The van der Waals surface area contributed by atoms with E-state index < -0.39 is 0 Å². The average Bonchev–Trinajstić information content (AvgIpc) is 3.01. The number of aromatic nitrogens is 1. The Morgan fingerprint density at radius 2 is 2.19 bits per heavy atom. The topological polar surface area (TPSA) is 72.8 Å². The number of hydrazone groups is 1. The predicted octanol–water partition coefficient (Wildman–Crippen LogP) is 5.01. The number of anilines is 1. The smallest absolute Gasteiger partial charge is 0.311 e. The third kappa shape index (κ3) is 6.37. The molecule has 0 aliphatic rings. The van der Waals surface area contributed by atoms with Gasteiger partial charge in [-0.3, -0.25) is 10.2 Å². The summed E-state index contributed by atoms with van der Waals surface area (Å²) in [5.74, 6) is 0.451. The number of rotatable bonds is 9. The van der Waals surface area contributed by atoms with E-state index in [0.29, 0.717) is 24.0 Å². The maximum Gasteiger partial charge on any atom is 0.311 e. The molecule has 0 amide bonds. The van der Waals surface area contributed by atoms with Gasteiger partial charge in [0, 0.05) is 15.4 Å². The largest absolute Gasteiger partial charge is 0.492 e. The first-order valence-corrected chi connectivity index (χ1v) is 10.5. The van der Waals surface area contributed by atoms with Gasteiger partial charge < -0.3 is 9.47 Å². The minimum absolute atomic E-state index is 0.156. The second-order valence-electron chi connectivity index (χ2n) is 5.15. The molecule has 0 atom stereocenters. The first-order chi connectivity index (χ1) is 12.5. The molecule has 0 saturated heterocycles. The predicted molar refractivity (Wildman–Crippen MR) is 111 cm³/mol. The van der Waals surface area contributed by atoms with Gasteiger partial charge in [0.15, 0.2) is 0 Å². The Labute approximate surface area is 173 Å². The molecule has 1 aromatic carbocycles. The first kappa shape index (κ1) is 20.9. The number of benzene rings is 1. The molecule has 0 aliphatic heterocycles. The quantitative estimate of drug-likeness (QED) is 0.295. The van der Waals surface area contributed by atoms with Gasteiger partial charge in [-0.25, -0.2) is 4.98 Å². The van der Waals surface area contributed by atoms with Crippen LogP contribution < -0.4 is 10.2 Å². The molecule has 1 N–H and O–H groups in total. The molecule has 0 fully saturated rings. The fourth-order valence-corrected chi connectivity index (χ4v) is 4.02. The summed E-state index contributed by atoms with van der Waals surface area (Å²) in [6, 6.07) is 3.85. The molecule has 0 spiro atoms. The van der Waals surface area contributed by atoms with E-state index >= 15 is 0 Å². The van der Waals surface area contributed by atoms with Crippen molar-refractivity contribution in [3.63, 3.8) is 0 Å². The molecule has 0 bridgehead atoms. The van der Waals surface area contributed by atoms with Crippen LogP contribution in [-0.4, -0.2) is 30.4 Å². The second-order valence-corrected chi connectivity index (χ2v) is 7.78. The van der Waals surface area contributed by atoms with Gasteiger partial charge >= 0.3 is 5.97 Å². The summed E-state index contributed by atoms with van der Waals surface area (Å²) in [7, 11) is 0. The van der Waals surface area contributed by atoms with Gasteiger partial charge in [-0.1, -0.05) is 22.9 Å². The number of carbonyl (C=O) groups excluding carboxylic acids is 1. The number of hydrogen-bond donors (Lipinski definition) is 1. The highest BCUT2D eigenvalue weighted by Crippen LogP contribution is 2.32. The molecule has 6 nitrogen and oxygen atoms in total. The van der Waals surface area contributed by atoms with Crippen molar-refractivity contribution in [1.29, 1.82) is 0 Å². The van der Waals surface area contributed by atoms with Crippen LogP contribution in [0.15, 0.2) is 31.6 Å². The van der Waals surface area contributed by atoms with Crippen LogP contribution in [0, 0.1) is 0 Å². The number of thiazole rings is 1. The fourth-order valence-electron chi connectivity index (χ4n) is 1.99. The lowest BCUT2D eigenvalue weighted by Crippen LogP contribution is -2.07. The SMILES string of the molecule is CCCOc1c(Br)cc(Br)cc1C=NNc1nc(CC(=O)OCC)cs1. The van der Waals surface area contributed by atoms with E-state index in [1.54, 1.807) is 18.5 Å². The van der Waals surface area contributed by atoms with Crippen LogP contribution in [0.4, 0.5) is 5.13 Å². The molecular weight excluding hydrogens is 486 g/mol. The maximum absolute atomic E-state index is 11.5. The summed E-state index contributed by atoms with van der Waals surface area (Å²) in [6.45, 7) is 4.82. The van der Waals surface area contributed by atoms with Crippen molar-refractivity contribution in [2.45, 2.75) is 26.7 Å². The summed E-state index contributed by atoms with van der Waals surface area (Å²) >= 11 is 8.36. The number of carbonyl (C=O) groups is 1. The van der Waals surface area contributed by atoms with Crippen molar-refractivity contribution in [3.8, 4) is 5.75 Å². The van der Waals surface area contributed by atoms with E-state index in [2.05, 4.69) is 54.3 Å². The second kappa shape index (κ2) is 10.6. The minimum Gasteiger partial charge on any atom is -0.492 e. The molecule has 1 heterocycles. The van der Waals surface area contributed by atoms with Crippen LogP contribution in [-0.2, 0) is 16.0 Å². The molecule has 9 heteroatoms. The van der Waals surface area contributed by atoms with Gasteiger partial charge in [-0.15, -0.1) is 11.3 Å². The minimum atomic E-state index is -0.287. The first-order valence-electron chi connectivity index (χ1n) is 8.04. The van der Waals surface area contributed by atoms with Crippen molar-refractivity contribution < 1.29 is 14.3 Å². The zero-order valence-corrected chi connectivity index (χ0v) is 18.4. The Kier molecular flexibility index (Phi) is 8.53. The molecular formula is C17H19Br2N3O3S. The van der Waals surface area contributed by atoms with Gasteiger partial charge in [0.2, 0.25) is 5.13 Å². The van der Waals surface area contributed by atoms with Crippen molar-refractivity contribution in [1.82, 2.24) is 4.98 Å². The Hall–Kier alpha value is -1.45. The van der Waals surface area contributed by atoms with Gasteiger partial charge in [0.25, 0.3) is 0 Å². The lowest BCUT2D eigenvalue weighted by atomic mass is 10.2. The monoisotopic (exact) mass is 503 g/mol. The van der Waals surface area contributed by atoms with E-state index in [4.69, 9.17) is 9.47 Å². The summed E-state index contributed by atoms with van der Waals surface area (Å²) in [6.07, 6.45) is 2.75. The Balaban J connectivity index is 2.04. The molecule has 0 radical (unpaired) electrons. The molecule has 2 rings (SSSR count). The Morgan fingerprint density at radius 1 is 1.38 bits per heavy atom. The van der Waals surface area contributed by atoms with Crippen LogP contribution >= 0.6 is 43.2 Å². The average molecular weight is 505 g/mol. The van der Waals surface area contributed by atoms with Gasteiger partial charge in [-0.2, -0.15) is 5.10 Å². The number of nitrogens with one attached hydrogen (secondary N) is 1. The number of esters is 1. The molecule has 140 valence electrons. The number of ether oxygens (including phenoxy) is 2. The van der Waals surface area contributed by atoms with E-state index in [1.807, 2.05) is 12.1 Å². The van der Waals surface area contributed by atoms with Gasteiger partial charge in [0.05, 0.1) is 36.0 Å². The van der Waals surface area contributed by atoms with Crippen LogP contribution in [0.1, 0.15) is 31.5 Å². The number of halogens is 2. The molecule has 1 aromatic heterocycles. The third-order valence-corrected chi connectivity index (χ3v) is 4.88. The van der Waals surface area contributed by atoms with Crippen LogP contribution in [0.25, 0.3) is 0 Å². The molecule has 0 unspecified atom stereocenters. The molecule has 0 aliphatic carbocycles. The van der Waals surface area contributed by atoms with Crippen molar-refractivity contribution in [2.75, 3.05) is 18.6 Å². The standard InChI is InChI=1S/C17H19Br2N3O3S/c1-3-5-25-16-11(6-12(18)7-14(16)19)9-20-22-17-21-13(10-26-17)8-15(23)24-4-2/h6-7,9-10H,3-5,8H2,1-2H3,(H,21,22). The van der Waals surface area contributed by atoms with Crippen LogP contribution in [0.3, 0.4) is 0 Å². The summed E-state index contributed by atoms with van der Waals surface area (Å²) in [5, 5.41) is 6.63. The van der Waals surface area contributed by atoms with Crippen molar-refractivity contribution >= 4 is 60.5 Å². The molecule has 0 saturated carbocycles. The van der Waals surface area contributed by atoms with Gasteiger partial charge in [-0.05, 0) is 41.4 Å². The van der Waals surface area contributed by atoms with E-state index in [-0.39, 0.29) is 12.4 Å². The highest BCUT2D eigenvalue weighted by atomic mass is 79.9. The van der Waals surface area contributed by atoms with E-state index in [9.17, 15) is 4.79 Å². The zero-order valence-electron chi connectivity index (χ0n) is 14.4. The highest BCUT2D eigenvalue weighted by molar-refractivity contribution is 9.11. The third-order valence-electron chi connectivity index (χ3n) is 3.03. The van der Waals surface area contributed by atoms with Gasteiger partial charge in [0.1, 0.15) is 5.75 Å². The summed E-state index contributed by atoms with van der Waals surface area (Å²) in [4.78, 5) is 15.8. The Bertz CT molecular complexity index is 781. The molecule has 26 heavy (non-hydrogen) atoms. The summed E-state index contributed by atoms with van der Waals surface area (Å²) < 4.78 is 12.5. The van der Waals surface area contributed by atoms with Crippen molar-refractivity contribution in [3.05, 3.63) is 37.7 Å². The highest BCUT2D eigenvalue weighted by Gasteiger charge is 2.10. The lowest BCUT2D eigenvalue weighted by molar-refractivity contribution is -0.142. The molecule has 2 aromatic rings. The number of nitrogens with zero attached hydrogens (tertiary/aromatic N) is 2. The lowest BCUT2D eigenvalue weighted by Gasteiger charge is -2.11. The fraction of sp³-hybridized carbons (Fsp3) is 0.353. The van der Waals surface area contributed by atoms with E-state index in [1.165, 1.54) is 11.3 Å². The maximum atomic E-state index is 11.5. The van der Waals surface area contributed by atoms with E-state index in [0.717, 1.165) is 26.7 Å². The van der Waals surface area contributed by atoms with Crippen LogP contribution in [0.2, 0.25) is 0 Å². The number of hydrogen-bond acceptors (Lipinski definition) is 7. The zero-order chi connectivity index (χ0) is 18.9.